The van der Waals surface area contributed by atoms with Crippen LogP contribution in [-0.4, -0.2) is 26.4 Å². The van der Waals surface area contributed by atoms with Crippen molar-refractivity contribution in [2.24, 2.45) is 5.73 Å². The van der Waals surface area contributed by atoms with Crippen molar-refractivity contribution >= 4 is 0 Å². The van der Waals surface area contributed by atoms with Gasteiger partial charge in [0.05, 0.1) is 14.2 Å². The van der Waals surface area contributed by atoms with Crippen molar-refractivity contribution in [1.29, 1.82) is 0 Å². The molecule has 0 aliphatic carbocycles. The Hall–Kier alpha value is -3.50. The molecule has 206 valence electrons. The topological polar surface area (TPSA) is 73.9 Å². The zero-order valence-electron chi connectivity index (χ0n) is 24.0. The Kier molecular flexibility index (Phi) is 16.0. The summed E-state index contributed by atoms with van der Waals surface area (Å²) in [6, 6.07) is 21.5. The molecule has 0 fully saturated rings. The molecular weight excluding hydrogens is 474 g/mol. The van der Waals surface area contributed by atoms with Gasteiger partial charge in [-0.2, -0.15) is 0 Å². The van der Waals surface area contributed by atoms with E-state index >= 15 is 0 Å². The quantitative estimate of drug-likeness (QED) is 0.255. The molecule has 0 aromatic heterocycles. The van der Waals surface area contributed by atoms with Crippen LogP contribution >= 0.6 is 0 Å². The zero-order chi connectivity index (χ0) is 28.3. The highest BCUT2D eigenvalue weighted by molar-refractivity contribution is 5.45. The summed E-state index contributed by atoms with van der Waals surface area (Å²) in [5.74, 6) is 2.40. The van der Waals surface area contributed by atoms with Crippen LogP contribution in [0.15, 0.2) is 84.6 Å². The van der Waals surface area contributed by atoms with E-state index in [4.69, 9.17) is 14.2 Å². The van der Waals surface area contributed by atoms with Crippen LogP contribution in [0, 0.1) is 0 Å². The molecule has 2 atom stereocenters. The van der Waals surface area contributed by atoms with E-state index in [1.54, 1.807) is 20.3 Å². The Bertz CT molecular complexity index is 1100. The third kappa shape index (κ3) is 9.75. The molecule has 3 aromatic carbocycles. The fourth-order valence-corrected chi connectivity index (χ4v) is 3.87. The van der Waals surface area contributed by atoms with Crippen molar-refractivity contribution in [2.45, 2.75) is 59.2 Å². The van der Waals surface area contributed by atoms with Crippen molar-refractivity contribution < 1.29 is 19.3 Å². The molecule has 3 aromatic rings. The predicted molar refractivity (Wildman–Crippen MR) is 158 cm³/mol. The average molecular weight is 520 g/mol. The number of nitrogens with two attached hydrogens (primary N) is 1. The molecule has 3 rings (SSSR count). The largest absolute Gasteiger partial charge is 0.497 e. The van der Waals surface area contributed by atoms with Crippen LogP contribution in [0.5, 0.6) is 17.2 Å². The molecule has 0 saturated heterocycles. The number of benzene rings is 3. The summed E-state index contributed by atoms with van der Waals surface area (Å²) in [7, 11) is 4.68. The zero-order valence-corrected chi connectivity index (χ0v) is 24.0. The first kappa shape index (κ1) is 32.5. The van der Waals surface area contributed by atoms with E-state index in [-0.39, 0.29) is 0 Å². The number of hydrogen-bond acceptors (Lipinski definition) is 5. The van der Waals surface area contributed by atoms with E-state index in [0.717, 1.165) is 29.7 Å². The van der Waals surface area contributed by atoms with E-state index in [0.29, 0.717) is 29.6 Å². The molecule has 0 spiro atoms. The summed E-state index contributed by atoms with van der Waals surface area (Å²) < 4.78 is 16.6. The monoisotopic (exact) mass is 519 g/mol. The molecule has 38 heavy (non-hydrogen) atoms. The lowest BCUT2D eigenvalue weighted by Crippen LogP contribution is -2.03. The minimum Gasteiger partial charge on any atom is -0.497 e. The van der Waals surface area contributed by atoms with Crippen LogP contribution in [-0.2, 0) is 6.61 Å². The van der Waals surface area contributed by atoms with Crippen LogP contribution in [0.3, 0.4) is 0 Å². The molecule has 0 saturated carbocycles. The van der Waals surface area contributed by atoms with Crippen molar-refractivity contribution in [1.82, 2.24) is 0 Å². The minimum atomic E-state index is -0.810. The highest BCUT2D eigenvalue weighted by Crippen LogP contribution is 2.33. The van der Waals surface area contributed by atoms with Gasteiger partial charge in [-0.15, -0.1) is 5.73 Å². The number of aliphatic hydroxyl groups is 1. The van der Waals surface area contributed by atoms with Gasteiger partial charge in [-0.25, -0.2) is 0 Å². The maximum atomic E-state index is 10.9. The lowest BCUT2D eigenvalue weighted by molar-refractivity contribution is 0.214. The van der Waals surface area contributed by atoms with E-state index in [1.807, 2.05) is 63.2 Å². The molecule has 5 nitrogen and oxygen atoms in total. The van der Waals surface area contributed by atoms with Crippen LogP contribution in [0.25, 0.3) is 0 Å². The van der Waals surface area contributed by atoms with Crippen LogP contribution < -0.4 is 19.9 Å². The maximum absolute atomic E-state index is 10.9. The maximum Gasteiger partial charge on any atom is 0.128 e. The molecule has 0 heterocycles. The first-order valence-electron chi connectivity index (χ1n) is 13.3. The van der Waals surface area contributed by atoms with Gasteiger partial charge in [-0.3, -0.25) is 0 Å². The Labute approximate surface area is 229 Å². The number of hydrogen-bond donors (Lipinski definition) is 2. The number of allylic oxidation sites excluding steroid dienone is 1. The summed E-state index contributed by atoms with van der Waals surface area (Å²) in [5, 5.41) is 10.9. The van der Waals surface area contributed by atoms with Crippen LogP contribution in [0.2, 0.25) is 0 Å². The lowest BCUT2D eigenvalue weighted by Gasteiger charge is -2.16. The Balaban J connectivity index is 0.00000172. The second-order valence-electron chi connectivity index (χ2n) is 8.13. The summed E-state index contributed by atoms with van der Waals surface area (Å²) in [5.41, 5.74) is 11.6. The predicted octanol–water partition coefficient (Wildman–Crippen LogP) is 7.58. The standard InChI is InChI=1S/C30H34O4.C2H6.CH5N/c1-5-7-9-23(8-6-2)24-12-10-22(11-13-24)21-34-26-16-14-25(15-17-26)30(31)28-19-18-27(32-3)20-29(28)33-4;2*1-2/h5,9-20,23,30-31H,6,8,21H2,1-4H3;1-2H3;2H2,1H3. The fourth-order valence-electron chi connectivity index (χ4n) is 3.87. The molecule has 0 aliphatic heterocycles. The first-order chi connectivity index (χ1) is 18.6. The van der Waals surface area contributed by atoms with Gasteiger partial charge < -0.3 is 25.1 Å². The molecule has 0 bridgehead atoms. The molecule has 0 radical (unpaired) electrons. The third-order valence-corrected chi connectivity index (χ3v) is 5.81. The summed E-state index contributed by atoms with van der Waals surface area (Å²) >= 11 is 0. The summed E-state index contributed by atoms with van der Waals surface area (Å²) in [6.07, 6.45) is 5.52. The van der Waals surface area contributed by atoms with Gasteiger partial charge in [0.15, 0.2) is 0 Å². The first-order valence-corrected chi connectivity index (χ1v) is 13.3. The van der Waals surface area contributed by atoms with Gasteiger partial charge in [0.25, 0.3) is 0 Å². The molecule has 5 heteroatoms. The Morgan fingerprint density at radius 1 is 0.868 bits per heavy atom. The Morgan fingerprint density at radius 3 is 2.03 bits per heavy atom. The Morgan fingerprint density at radius 2 is 1.47 bits per heavy atom. The second kappa shape index (κ2) is 18.7. The number of aliphatic hydroxyl groups excluding tert-OH is 1. The number of ether oxygens (including phenoxy) is 3. The molecule has 0 amide bonds. The number of methoxy groups -OCH3 is 2. The van der Waals surface area contributed by atoms with E-state index in [9.17, 15) is 5.11 Å². The average Bonchev–Trinajstić information content (AvgIpc) is 3.00. The van der Waals surface area contributed by atoms with Crippen LogP contribution in [0.4, 0.5) is 0 Å². The third-order valence-electron chi connectivity index (χ3n) is 5.81. The van der Waals surface area contributed by atoms with Crippen molar-refractivity contribution in [3.63, 3.8) is 0 Å². The van der Waals surface area contributed by atoms with Crippen LogP contribution in [0.1, 0.15) is 74.8 Å². The van der Waals surface area contributed by atoms with Crippen molar-refractivity contribution in [2.75, 3.05) is 21.3 Å². The van der Waals surface area contributed by atoms with Crippen molar-refractivity contribution in [3.05, 3.63) is 107 Å². The smallest absolute Gasteiger partial charge is 0.128 e. The molecule has 3 N–H and O–H groups in total. The number of rotatable bonds is 11. The fraction of sp³-hybridized carbons (Fsp3) is 0.364. The minimum absolute atomic E-state index is 0.388. The van der Waals surface area contributed by atoms with E-state index < -0.39 is 6.10 Å². The highest BCUT2D eigenvalue weighted by atomic mass is 16.5. The van der Waals surface area contributed by atoms with Gasteiger partial charge in [-0.05, 0) is 73.5 Å². The second-order valence-corrected chi connectivity index (χ2v) is 8.13. The normalized spacial score (nSPS) is 11.3. The summed E-state index contributed by atoms with van der Waals surface area (Å²) in [4.78, 5) is 0. The van der Waals surface area contributed by atoms with Gasteiger partial charge in [0.1, 0.15) is 30.0 Å². The van der Waals surface area contributed by atoms with Crippen molar-refractivity contribution in [3.8, 4) is 17.2 Å². The van der Waals surface area contributed by atoms with E-state index in [1.165, 1.54) is 12.6 Å². The van der Waals surface area contributed by atoms with E-state index in [2.05, 4.69) is 48.7 Å². The SMILES string of the molecule is CC.CC=C=CC(CCC)c1ccc(COc2ccc(C(O)c3ccc(OC)cc3OC)cc2)cc1.CN. The highest BCUT2D eigenvalue weighted by Gasteiger charge is 2.16. The van der Waals surface area contributed by atoms with Gasteiger partial charge in [0, 0.05) is 17.5 Å². The lowest BCUT2D eigenvalue weighted by atomic mass is 9.94. The summed E-state index contributed by atoms with van der Waals surface area (Å²) in [6.45, 7) is 8.68. The molecular formula is C33H45NO4. The van der Waals surface area contributed by atoms with Gasteiger partial charge in [0.2, 0.25) is 0 Å². The van der Waals surface area contributed by atoms with Gasteiger partial charge in [-0.1, -0.05) is 63.6 Å². The molecule has 2 unspecified atom stereocenters. The molecule has 0 aliphatic rings. The van der Waals surface area contributed by atoms with Gasteiger partial charge >= 0.3 is 0 Å².